The Morgan fingerprint density at radius 1 is 1.09 bits per heavy atom. The van der Waals surface area contributed by atoms with Crippen molar-refractivity contribution in [1.29, 1.82) is 0 Å². The van der Waals surface area contributed by atoms with Crippen molar-refractivity contribution in [2.24, 2.45) is 5.10 Å². The summed E-state index contributed by atoms with van der Waals surface area (Å²) in [5.41, 5.74) is 6.15. The van der Waals surface area contributed by atoms with Gasteiger partial charge in [-0.3, -0.25) is 14.9 Å². The monoisotopic (exact) mass is 442 g/mol. The number of aryl methyl sites for hydroxylation is 1. The van der Waals surface area contributed by atoms with Crippen LogP contribution in [0.1, 0.15) is 27.3 Å². The molecular weight excluding hydrogens is 420 g/mol. The zero-order valence-corrected chi connectivity index (χ0v) is 18.4. The van der Waals surface area contributed by atoms with E-state index < -0.39 is 10.8 Å². The van der Waals surface area contributed by atoms with Gasteiger partial charge in [-0.15, -0.1) is 0 Å². The summed E-state index contributed by atoms with van der Waals surface area (Å²) in [5, 5.41) is 17.4. The molecule has 8 nitrogen and oxygen atoms in total. The van der Waals surface area contributed by atoms with E-state index in [4.69, 9.17) is 4.74 Å². The maximum absolute atomic E-state index is 12.6. The molecule has 4 aromatic rings. The molecule has 0 aliphatic carbocycles. The molecule has 33 heavy (non-hydrogen) atoms. The van der Waals surface area contributed by atoms with Crippen LogP contribution in [-0.4, -0.2) is 28.7 Å². The summed E-state index contributed by atoms with van der Waals surface area (Å²) < 4.78 is 7.30. The van der Waals surface area contributed by atoms with Crippen molar-refractivity contribution in [2.45, 2.75) is 13.8 Å². The molecule has 166 valence electrons. The van der Waals surface area contributed by atoms with Gasteiger partial charge in [0, 0.05) is 34.5 Å². The largest absolute Gasteiger partial charge is 0.496 e. The summed E-state index contributed by atoms with van der Waals surface area (Å²) in [7, 11) is 1.39. The van der Waals surface area contributed by atoms with Crippen molar-refractivity contribution in [3.8, 4) is 11.4 Å². The first-order valence-corrected chi connectivity index (χ1v) is 10.2. The van der Waals surface area contributed by atoms with Crippen molar-refractivity contribution in [3.63, 3.8) is 0 Å². The van der Waals surface area contributed by atoms with Crippen LogP contribution in [0.4, 0.5) is 5.69 Å². The van der Waals surface area contributed by atoms with Gasteiger partial charge in [-0.25, -0.2) is 5.43 Å². The van der Waals surface area contributed by atoms with Gasteiger partial charge >= 0.3 is 0 Å². The zero-order chi connectivity index (χ0) is 23.5. The number of carbonyl (C=O) groups is 1. The number of fused-ring (bicyclic) bond motifs is 1. The number of methoxy groups -OCH3 is 1. The van der Waals surface area contributed by atoms with Gasteiger partial charge in [0.25, 0.3) is 11.6 Å². The number of nitro benzene ring substituents is 1. The number of hydrogen-bond acceptors (Lipinski definition) is 5. The molecule has 0 saturated heterocycles. The van der Waals surface area contributed by atoms with Crippen molar-refractivity contribution < 1.29 is 14.5 Å². The number of hydrogen-bond donors (Lipinski definition) is 1. The van der Waals surface area contributed by atoms with Gasteiger partial charge < -0.3 is 9.30 Å². The molecule has 0 aliphatic heterocycles. The van der Waals surface area contributed by atoms with Crippen molar-refractivity contribution in [3.05, 3.63) is 99.4 Å². The minimum absolute atomic E-state index is 0.0325. The minimum atomic E-state index is -0.602. The van der Waals surface area contributed by atoms with Gasteiger partial charge in [0.15, 0.2) is 0 Å². The molecule has 0 atom stereocenters. The standard InChI is InChI=1S/C25H22N4O4/c1-16-13-19(17(2)28(16)23-10-6-8-18-7-4-5-9-21(18)23)15-26-27-25(30)22-14-20(29(31)32)11-12-24(22)33-3/h4-15H,1-3H3,(H,27,30)/b26-15-. The van der Waals surface area contributed by atoms with Gasteiger partial charge in [0.1, 0.15) is 5.75 Å². The number of nitrogens with one attached hydrogen (secondary N) is 1. The average molecular weight is 442 g/mol. The Balaban J connectivity index is 1.61. The molecule has 3 aromatic carbocycles. The molecule has 8 heteroatoms. The Kier molecular flexibility index (Phi) is 5.91. The Bertz CT molecular complexity index is 1400. The van der Waals surface area contributed by atoms with Crippen LogP contribution in [0.15, 0.2) is 71.8 Å². The third-order valence-electron chi connectivity index (χ3n) is 5.49. The molecule has 1 amide bonds. The van der Waals surface area contributed by atoms with Crippen molar-refractivity contribution >= 4 is 28.6 Å². The van der Waals surface area contributed by atoms with Gasteiger partial charge in [0.2, 0.25) is 0 Å². The number of non-ortho nitro benzene ring substituents is 1. The van der Waals surface area contributed by atoms with Gasteiger partial charge in [-0.1, -0.05) is 36.4 Å². The first kappa shape index (κ1) is 21.8. The Morgan fingerprint density at radius 2 is 1.85 bits per heavy atom. The minimum Gasteiger partial charge on any atom is -0.496 e. The molecular formula is C25H22N4O4. The SMILES string of the molecule is COc1ccc([N+](=O)[O-])cc1C(=O)N/N=C\c1cc(C)n(-c2cccc3ccccc23)c1C. The lowest BCUT2D eigenvalue weighted by Gasteiger charge is -2.13. The highest BCUT2D eigenvalue weighted by atomic mass is 16.6. The maximum Gasteiger partial charge on any atom is 0.275 e. The number of nitro groups is 1. The number of ether oxygens (including phenoxy) is 1. The predicted molar refractivity (Wildman–Crippen MR) is 127 cm³/mol. The van der Waals surface area contributed by atoms with Crippen LogP contribution in [0.5, 0.6) is 5.75 Å². The van der Waals surface area contributed by atoms with Crippen LogP contribution in [0.25, 0.3) is 16.5 Å². The summed E-state index contributed by atoms with van der Waals surface area (Å²) >= 11 is 0. The fourth-order valence-electron chi connectivity index (χ4n) is 3.90. The second-order valence-corrected chi connectivity index (χ2v) is 7.50. The normalized spacial score (nSPS) is 11.1. The van der Waals surface area contributed by atoms with Crippen LogP contribution in [0.3, 0.4) is 0 Å². The molecule has 0 bridgehead atoms. The van der Waals surface area contributed by atoms with E-state index >= 15 is 0 Å². The summed E-state index contributed by atoms with van der Waals surface area (Å²) in [6.45, 7) is 4.00. The highest BCUT2D eigenvalue weighted by Gasteiger charge is 2.17. The fourth-order valence-corrected chi connectivity index (χ4v) is 3.90. The first-order valence-electron chi connectivity index (χ1n) is 10.2. The summed E-state index contributed by atoms with van der Waals surface area (Å²) in [6.07, 6.45) is 1.56. The molecule has 0 spiro atoms. The van der Waals surface area contributed by atoms with Gasteiger partial charge in [-0.2, -0.15) is 5.10 Å². The van der Waals surface area contributed by atoms with Crippen LogP contribution >= 0.6 is 0 Å². The van der Waals surface area contributed by atoms with Crippen LogP contribution in [0.2, 0.25) is 0 Å². The number of rotatable bonds is 6. The molecule has 1 aromatic heterocycles. The average Bonchev–Trinajstić information content (AvgIpc) is 3.10. The third kappa shape index (κ3) is 4.18. The van der Waals surface area contributed by atoms with E-state index in [2.05, 4.69) is 39.4 Å². The number of benzene rings is 3. The summed E-state index contributed by atoms with van der Waals surface area (Å²) in [6, 6.07) is 20.2. The van der Waals surface area contributed by atoms with Crippen molar-refractivity contribution in [2.75, 3.05) is 7.11 Å². The number of aromatic nitrogens is 1. The third-order valence-corrected chi connectivity index (χ3v) is 5.49. The predicted octanol–water partition coefficient (Wildman–Crippen LogP) is 4.93. The van der Waals surface area contributed by atoms with E-state index in [0.29, 0.717) is 0 Å². The molecule has 0 unspecified atom stereocenters. The van der Waals surface area contributed by atoms with E-state index in [0.717, 1.165) is 39.5 Å². The Morgan fingerprint density at radius 3 is 2.61 bits per heavy atom. The van der Waals surface area contributed by atoms with E-state index in [1.807, 2.05) is 38.1 Å². The molecule has 0 fully saturated rings. The topological polar surface area (TPSA) is 98.8 Å². The number of carbonyl (C=O) groups excluding carboxylic acids is 1. The zero-order valence-electron chi connectivity index (χ0n) is 18.4. The molecule has 0 radical (unpaired) electrons. The highest BCUT2D eigenvalue weighted by Crippen LogP contribution is 2.27. The van der Waals surface area contributed by atoms with Crippen LogP contribution in [0, 0.1) is 24.0 Å². The van der Waals surface area contributed by atoms with E-state index in [9.17, 15) is 14.9 Å². The lowest BCUT2D eigenvalue weighted by Crippen LogP contribution is -2.18. The summed E-state index contributed by atoms with van der Waals surface area (Å²) in [4.78, 5) is 23.1. The van der Waals surface area contributed by atoms with Crippen LogP contribution < -0.4 is 10.2 Å². The number of hydrazone groups is 1. The number of nitrogens with zero attached hydrogens (tertiary/aromatic N) is 3. The first-order chi connectivity index (χ1) is 15.9. The Hall–Kier alpha value is -4.46. The van der Waals surface area contributed by atoms with Gasteiger partial charge in [0.05, 0.1) is 29.5 Å². The molecule has 0 aliphatic rings. The molecule has 1 heterocycles. The molecule has 1 N–H and O–H groups in total. The van der Waals surface area contributed by atoms with Crippen molar-refractivity contribution in [1.82, 2.24) is 9.99 Å². The smallest absolute Gasteiger partial charge is 0.275 e. The molecule has 0 saturated carbocycles. The maximum atomic E-state index is 12.6. The quantitative estimate of drug-likeness (QED) is 0.260. The summed E-state index contributed by atoms with van der Waals surface area (Å²) in [5.74, 6) is -0.378. The number of amides is 1. The fraction of sp³-hybridized carbons (Fsp3) is 0.120. The van der Waals surface area contributed by atoms with E-state index in [1.54, 1.807) is 6.21 Å². The molecule has 4 rings (SSSR count). The highest BCUT2D eigenvalue weighted by molar-refractivity contribution is 5.98. The van der Waals surface area contributed by atoms with Crippen LogP contribution in [-0.2, 0) is 0 Å². The lowest BCUT2D eigenvalue weighted by molar-refractivity contribution is -0.384. The van der Waals surface area contributed by atoms with E-state index in [1.165, 1.54) is 19.2 Å². The second kappa shape index (κ2) is 8.96. The Labute approximate surface area is 190 Å². The van der Waals surface area contributed by atoms with E-state index in [-0.39, 0.29) is 17.0 Å². The van der Waals surface area contributed by atoms with Gasteiger partial charge in [-0.05, 0) is 37.4 Å². The lowest BCUT2D eigenvalue weighted by atomic mass is 10.1. The second-order valence-electron chi connectivity index (χ2n) is 7.50.